The lowest BCUT2D eigenvalue weighted by Gasteiger charge is -2.26. The molecule has 0 fully saturated rings. The standard InChI is InChI=1S/C22H27N3O4/c1-5-25(14-21(27)23-18-10-12-20(29-4)13-11-18)15(2)22(28)24-19-8-6-17(7-9-19)16(3)26/h6-13,15H,5,14H2,1-4H3,(H,23,27)(H,24,28)/t15-/m1/s1. The zero-order valence-electron chi connectivity index (χ0n) is 17.2. The van der Waals surface area contributed by atoms with Crippen LogP contribution in [0.25, 0.3) is 0 Å². The molecule has 7 heteroatoms. The summed E-state index contributed by atoms with van der Waals surface area (Å²) in [5.41, 5.74) is 1.85. The molecule has 2 aromatic rings. The van der Waals surface area contributed by atoms with Crippen LogP contribution in [0.1, 0.15) is 31.1 Å². The lowest BCUT2D eigenvalue weighted by Crippen LogP contribution is -2.45. The Labute approximate surface area is 171 Å². The summed E-state index contributed by atoms with van der Waals surface area (Å²) in [5.74, 6) is 0.248. The first-order valence-corrected chi connectivity index (χ1v) is 9.43. The second-order valence-corrected chi connectivity index (χ2v) is 6.64. The molecule has 2 rings (SSSR count). The van der Waals surface area contributed by atoms with Crippen LogP contribution in [0.3, 0.4) is 0 Å². The average molecular weight is 397 g/mol. The van der Waals surface area contributed by atoms with E-state index in [2.05, 4.69) is 10.6 Å². The largest absolute Gasteiger partial charge is 0.497 e. The molecule has 0 heterocycles. The van der Waals surface area contributed by atoms with E-state index in [0.29, 0.717) is 29.2 Å². The number of methoxy groups -OCH3 is 1. The van der Waals surface area contributed by atoms with Gasteiger partial charge in [-0.25, -0.2) is 0 Å². The maximum absolute atomic E-state index is 12.6. The molecular formula is C22H27N3O4. The van der Waals surface area contributed by atoms with E-state index in [1.807, 2.05) is 6.92 Å². The molecule has 0 bridgehead atoms. The van der Waals surface area contributed by atoms with Crippen molar-refractivity contribution in [3.8, 4) is 5.75 Å². The van der Waals surface area contributed by atoms with Gasteiger partial charge in [-0.1, -0.05) is 6.92 Å². The van der Waals surface area contributed by atoms with Crippen LogP contribution in [-0.4, -0.2) is 48.7 Å². The summed E-state index contributed by atoms with van der Waals surface area (Å²) in [4.78, 5) is 38.1. The van der Waals surface area contributed by atoms with Gasteiger partial charge in [-0.05, 0) is 68.9 Å². The Morgan fingerprint density at radius 1 is 0.966 bits per heavy atom. The number of hydrogen-bond acceptors (Lipinski definition) is 5. The molecule has 29 heavy (non-hydrogen) atoms. The van der Waals surface area contributed by atoms with Crippen molar-refractivity contribution in [1.82, 2.24) is 4.90 Å². The number of carbonyl (C=O) groups is 3. The van der Waals surface area contributed by atoms with E-state index in [1.54, 1.807) is 67.5 Å². The van der Waals surface area contributed by atoms with Crippen molar-refractivity contribution < 1.29 is 19.1 Å². The minimum Gasteiger partial charge on any atom is -0.497 e. The van der Waals surface area contributed by atoms with Gasteiger partial charge in [0.2, 0.25) is 11.8 Å². The molecular weight excluding hydrogens is 370 g/mol. The molecule has 2 N–H and O–H groups in total. The highest BCUT2D eigenvalue weighted by atomic mass is 16.5. The second kappa shape index (κ2) is 10.4. The molecule has 0 aliphatic heterocycles. The number of ketones is 1. The Kier molecular flexibility index (Phi) is 7.91. The third kappa shape index (κ3) is 6.43. The van der Waals surface area contributed by atoms with Crippen molar-refractivity contribution in [3.63, 3.8) is 0 Å². The Bertz CT molecular complexity index is 847. The second-order valence-electron chi connectivity index (χ2n) is 6.64. The molecule has 2 amide bonds. The van der Waals surface area contributed by atoms with Crippen molar-refractivity contribution in [2.75, 3.05) is 30.8 Å². The van der Waals surface area contributed by atoms with Crippen molar-refractivity contribution in [2.24, 2.45) is 0 Å². The third-order valence-electron chi connectivity index (χ3n) is 4.61. The summed E-state index contributed by atoms with van der Waals surface area (Å²) in [6.45, 7) is 5.76. The maximum atomic E-state index is 12.6. The molecule has 2 aromatic carbocycles. The van der Waals surface area contributed by atoms with Crippen molar-refractivity contribution >= 4 is 29.0 Å². The number of ether oxygens (including phenoxy) is 1. The fourth-order valence-electron chi connectivity index (χ4n) is 2.78. The number of carbonyl (C=O) groups excluding carboxylic acids is 3. The zero-order valence-corrected chi connectivity index (χ0v) is 17.2. The quantitative estimate of drug-likeness (QED) is 0.635. The number of anilines is 2. The van der Waals surface area contributed by atoms with Gasteiger partial charge in [-0.3, -0.25) is 19.3 Å². The van der Waals surface area contributed by atoms with Crippen LogP contribution >= 0.6 is 0 Å². The number of amides is 2. The number of benzene rings is 2. The minimum absolute atomic E-state index is 0.0312. The molecule has 0 spiro atoms. The van der Waals surface area contributed by atoms with Gasteiger partial charge < -0.3 is 15.4 Å². The van der Waals surface area contributed by atoms with E-state index >= 15 is 0 Å². The number of likely N-dealkylation sites (N-methyl/N-ethyl adjacent to an activating group) is 1. The molecule has 0 saturated heterocycles. The van der Waals surface area contributed by atoms with E-state index in [-0.39, 0.29) is 24.1 Å². The maximum Gasteiger partial charge on any atom is 0.241 e. The van der Waals surface area contributed by atoms with Crippen molar-refractivity contribution in [2.45, 2.75) is 26.8 Å². The van der Waals surface area contributed by atoms with E-state index in [1.165, 1.54) is 6.92 Å². The third-order valence-corrected chi connectivity index (χ3v) is 4.61. The van der Waals surface area contributed by atoms with Crippen molar-refractivity contribution in [1.29, 1.82) is 0 Å². The minimum atomic E-state index is -0.505. The molecule has 0 aliphatic carbocycles. The summed E-state index contributed by atoms with van der Waals surface area (Å²) in [6.07, 6.45) is 0. The van der Waals surface area contributed by atoms with E-state index in [9.17, 15) is 14.4 Å². The molecule has 7 nitrogen and oxygen atoms in total. The monoisotopic (exact) mass is 397 g/mol. The number of rotatable bonds is 9. The first kappa shape index (κ1) is 22.1. The van der Waals surface area contributed by atoms with Crippen LogP contribution in [0.4, 0.5) is 11.4 Å². The summed E-state index contributed by atoms with van der Waals surface area (Å²) in [7, 11) is 1.58. The first-order valence-electron chi connectivity index (χ1n) is 9.43. The Morgan fingerprint density at radius 3 is 2.03 bits per heavy atom. The van der Waals surface area contributed by atoms with E-state index in [4.69, 9.17) is 4.74 Å². The predicted octanol–water partition coefficient (Wildman–Crippen LogP) is 3.19. The fourth-order valence-corrected chi connectivity index (χ4v) is 2.78. The molecule has 154 valence electrons. The van der Waals surface area contributed by atoms with Crippen LogP contribution in [0.15, 0.2) is 48.5 Å². The highest BCUT2D eigenvalue weighted by Crippen LogP contribution is 2.15. The van der Waals surface area contributed by atoms with Crippen molar-refractivity contribution in [3.05, 3.63) is 54.1 Å². The Hall–Kier alpha value is -3.19. The van der Waals surface area contributed by atoms with Crippen LogP contribution < -0.4 is 15.4 Å². The molecule has 0 saturated carbocycles. The van der Waals surface area contributed by atoms with Gasteiger partial charge in [0.25, 0.3) is 0 Å². The lowest BCUT2D eigenvalue weighted by atomic mass is 10.1. The molecule has 0 unspecified atom stereocenters. The van der Waals surface area contributed by atoms with Gasteiger partial charge in [-0.15, -0.1) is 0 Å². The van der Waals surface area contributed by atoms with Crippen LogP contribution in [0.2, 0.25) is 0 Å². The Morgan fingerprint density at radius 2 is 1.52 bits per heavy atom. The van der Waals surface area contributed by atoms with Gasteiger partial charge in [0.15, 0.2) is 5.78 Å². The van der Waals surface area contributed by atoms with Gasteiger partial charge >= 0.3 is 0 Å². The Balaban J connectivity index is 1.93. The molecule has 0 radical (unpaired) electrons. The van der Waals surface area contributed by atoms with Crippen LogP contribution in [-0.2, 0) is 9.59 Å². The topological polar surface area (TPSA) is 87.7 Å². The summed E-state index contributed by atoms with van der Waals surface area (Å²) in [5, 5.41) is 5.64. The van der Waals surface area contributed by atoms with Gasteiger partial charge in [0, 0.05) is 16.9 Å². The fraction of sp³-hybridized carbons (Fsp3) is 0.318. The normalized spacial score (nSPS) is 11.6. The predicted molar refractivity (Wildman–Crippen MR) is 113 cm³/mol. The molecule has 1 atom stereocenters. The SMILES string of the molecule is CCN(CC(=O)Nc1ccc(OC)cc1)[C@H](C)C(=O)Nc1ccc(C(C)=O)cc1. The average Bonchev–Trinajstić information content (AvgIpc) is 2.72. The van der Waals surface area contributed by atoms with Gasteiger partial charge in [0.05, 0.1) is 19.7 Å². The summed E-state index contributed by atoms with van der Waals surface area (Å²) >= 11 is 0. The first-order chi connectivity index (χ1) is 13.8. The summed E-state index contributed by atoms with van der Waals surface area (Å²) < 4.78 is 5.10. The lowest BCUT2D eigenvalue weighted by molar-refractivity contribution is -0.123. The number of nitrogens with zero attached hydrogens (tertiary/aromatic N) is 1. The number of hydrogen-bond donors (Lipinski definition) is 2. The van der Waals surface area contributed by atoms with Gasteiger partial charge in [0.1, 0.15) is 5.75 Å². The molecule has 0 aliphatic rings. The highest BCUT2D eigenvalue weighted by Gasteiger charge is 2.22. The summed E-state index contributed by atoms with van der Waals surface area (Å²) in [6, 6.07) is 13.3. The van der Waals surface area contributed by atoms with E-state index in [0.717, 1.165) is 0 Å². The molecule has 0 aromatic heterocycles. The number of nitrogens with one attached hydrogen (secondary N) is 2. The highest BCUT2D eigenvalue weighted by molar-refractivity contribution is 5.97. The zero-order chi connectivity index (χ0) is 21.4. The van der Waals surface area contributed by atoms with Gasteiger partial charge in [-0.2, -0.15) is 0 Å². The van der Waals surface area contributed by atoms with Crippen LogP contribution in [0.5, 0.6) is 5.75 Å². The van der Waals surface area contributed by atoms with E-state index < -0.39 is 6.04 Å². The number of Topliss-reactive ketones (excluding diaryl/α,β-unsaturated/α-hetero) is 1. The smallest absolute Gasteiger partial charge is 0.241 e. The van der Waals surface area contributed by atoms with Crippen LogP contribution in [0, 0.1) is 0 Å².